The van der Waals surface area contributed by atoms with Gasteiger partial charge in [-0.25, -0.2) is 13.3 Å². The first-order chi connectivity index (χ1) is 29.2. The van der Waals surface area contributed by atoms with Crippen molar-refractivity contribution in [2.45, 2.75) is 88.5 Å². The number of nitrogens with one attached hydrogen (secondary N) is 3. The highest BCUT2D eigenvalue weighted by molar-refractivity contribution is 6.11. The van der Waals surface area contributed by atoms with Crippen molar-refractivity contribution in [2.24, 2.45) is 11.8 Å². The van der Waals surface area contributed by atoms with E-state index in [1.807, 2.05) is 30.6 Å². The largest absolute Gasteiger partial charge is 0.387 e. The smallest absolute Gasteiger partial charge is 0.282 e. The molecule has 1 aliphatic carbocycles. The topological polar surface area (TPSA) is 142 Å². The van der Waals surface area contributed by atoms with Crippen molar-refractivity contribution in [3.63, 3.8) is 0 Å². The van der Waals surface area contributed by atoms with Crippen LogP contribution in [0.25, 0.3) is 16.6 Å². The van der Waals surface area contributed by atoms with Gasteiger partial charge in [-0.05, 0) is 75.5 Å². The molecular weight excluding hydrogens is 769 g/mol. The van der Waals surface area contributed by atoms with Gasteiger partial charge < -0.3 is 40.1 Å². The van der Waals surface area contributed by atoms with E-state index in [-0.39, 0.29) is 48.4 Å². The van der Waals surface area contributed by atoms with Crippen LogP contribution in [0.2, 0.25) is 0 Å². The first kappa shape index (κ1) is 41.6. The lowest BCUT2D eigenvalue weighted by Crippen LogP contribution is -2.40. The number of hydrogen-bond donors (Lipinski definition) is 3. The van der Waals surface area contributed by atoms with Gasteiger partial charge in [-0.3, -0.25) is 9.48 Å². The van der Waals surface area contributed by atoms with E-state index in [0.29, 0.717) is 46.5 Å². The second kappa shape index (κ2) is 18.6. The molecule has 3 saturated heterocycles. The Morgan fingerprint density at radius 3 is 2.62 bits per heavy atom. The van der Waals surface area contributed by atoms with Crippen LogP contribution in [0.4, 0.5) is 20.2 Å². The lowest BCUT2D eigenvalue weighted by Gasteiger charge is -2.36. The van der Waals surface area contributed by atoms with Crippen molar-refractivity contribution in [2.75, 3.05) is 63.7 Å². The van der Waals surface area contributed by atoms with E-state index < -0.39 is 12.3 Å². The van der Waals surface area contributed by atoms with Crippen LogP contribution < -0.4 is 15.5 Å². The minimum atomic E-state index is -2.69. The summed E-state index contributed by atoms with van der Waals surface area (Å²) in [6.45, 7) is 4.80. The van der Waals surface area contributed by atoms with Crippen LogP contribution in [0, 0.1) is 29.1 Å². The number of hydrogen-bond acceptors (Lipinski definition) is 10. The molecule has 3 unspecified atom stereocenters. The zero-order valence-electron chi connectivity index (χ0n) is 34.4. The minimum Gasteiger partial charge on any atom is -0.387 e. The van der Waals surface area contributed by atoms with E-state index >= 15 is 0 Å². The number of amides is 1. The van der Waals surface area contributed by atoms with Crippen molar-refractivity contribution in [3.05, 3.63) is 65.7 Å². The number of alkyl halides is 2. The van der Waals surface area contributed by atoms with Gasteiger partial charge in [0, 0.05) is 87.0 Å². The molecule has 4 fully saturated rings. The van der Waals surface area contributed by atoms with Gasteiger partial charge in [0.25, 0.3) is 6.43 Å². The number of nitrogens with zero attached hydrogens (tertiary/aromatic N) is 6. The molecule has 8 rings (SSSR count). The highest BCUT2D eigenvalue weighted by Crippen LogP contribution is 2.39. The van der Waals surface area contributed by atoms with E-state index in [1.165, 1.54) is 0 Å². The Hall–Kier alpha value is -5.17. The molecule has 1 saturated carbocycles. The second-order valence-corrected chi connectivity index (χ2v) is 16.6. The Bertz CT molecular complexity index is 2230. The van der Waals surface area contributed by atoms with Gasteiger partial charge in [0.1, 0.15) is 18.6 Å². The molecule has 6 heterocycles. The number of likely N-dealkylation sites (tertiary alicyclic amines) is 1. The average molecular weight is 824 g/mol. The van der Waals surface area contributed by atoms with Crippen molar-refractivity contribution < 1.29 is 27.8 Å². The number of halogens is 2. The summed E-state index contributed by atoms with van der Waals surface area (Å²) in [6, 6.07) is 10.0. The Morgan fingerprint density at radius 2 is 1.92 bits per heavy atom. The fourth-order valence-corrected chi connectivity index (χ4v) is 9.58. The monoisotopic (exact) mass is 823 g/mol. The number of rotatable bonds is 15. The number of carbonyl (C=O) groups excluding carboxylic acids is 2. The van der Waals surface area contributed by atoms with Gasteiger partial charge in [0.2, 0.25) is 5.91 Å². The van der Waals surface area contributed by atoms with Crippen LogP contribution in [0.5, 0.6) is 0 Å². The first-order valence-corrected chi connectivity index (χ1v) is 21.3. The van der Waals surface area contributed by atoms with Gasteiger partial charge in [-0.2, -0.15) is 10.2 Å². The average Bonchev–Trinajstić information content (AvgIpc) is 4.10. The fourth-order valence-electron chi connectivity index (χ4n) is 9.58. The molecule has 0 spiro atoms. The molecule has 4 aromatic rings. The number of ether oxygens (including phenoxy) is 2. The number of aldehydes is 1. The zero-order valence-corrected chi connectivity index (χ0v) is 34.4. The Labute approximate surface area is 349 Å². The second-order valence-electron chi connectivity index (χ2n) is 16.6. The molecule has 1 amide bonds. The van der Waals surface area contributed by atoms with E-state index in [1.54, 1.807) is 35.6 Å². The third kappa shape index (κ3) is 8.96. The van der Waals surface area contributed by atoms with Crippen LogP contribution in [-0.4, -0.2) is 114 Å². The summed E-state index contributed by atoms with van der Waals surface area (Å²) >= 11 is 0. The van der Waals surface area contributed by atoms with Crippen molar-refractivity contribution in [1.29, 1.82) is 5.41 Å². The van der Waals surface area contributed by atoms with Crippen LogP contribution in [0.3, 0.4) is 0 Å². The molecule has 15 heteroatoms. The summed E-state index contributed by atoms with van der Waals surface area (Å²) in [7, 11) is 3.32. The molecule has 60 heavy (non-hydrogen) atoms. The number of pyridine rings is 1. The molecule has 4 aliphatic rings. The third-order valence-electron chi connectivity index (χ3n) is 13.0. The number of fused-ring (bicyclic) bond motifs is 3. The zero-order chi connectivity index (χ0) is 41.8. The molecule has 1 aromatic carbocycles. The summed E-state index contributed by atoms with van der Waals surface area (Å²) in [6.07, 6.45) is 11.0. The Morgan fingerprint density at radius 1 is 1.10 bits per heavy atom. The lowest BCUT2D eigenvalue weighted by molar-refractivity contribution is -0.120. The maximum atomic E-state index is 14.5. The van der Waals surface area contributed by atoms with Crippen LogP contribution >= 0.6 is 0 Å². The van der Waals surface area contributed by atoms with Crippen molar-refractivity contribution in [1.82, 2.24) is 29.6 Å². The Kier molecular flexibility index (Phi) is 12.9. The van der Waals surface area contributed by atoms with E-state index in [9.17, 15) is 18.4 Å². The Balaban J connectivity index is 0.809. The van der Waals surface area contributed by atoms with E-state index in [0.717, 1.165) is 95.2 Å². The van der Waals surface area contributed by atoms with Gasteiger partial charge in [-0.15, -0.1) is 0 Å². The molecule has 2 bridgehead atoms. The number of para-hydroxylation sites is 1. The SMILES string of the molecule is CNC(=O)CCC(C=O)C(=N)c1cccc(C#CCOC2CCN(CC3CCC(n4cc(-c5cnn6ccc(N7CC8CC7CO8)cc56)c(C(F)F)n4)CC3)CC2)c1NC. The summed E-state index contributed by atoms with van der Waals surface area (Å²) in [5, 5.41) is 23.4. The predicted octanol–water partition coefficient (Wildman–Crippen LogP) is 6.13. The van der Waals surface area contributed by atoms with E-state index in [2.05, 4.69) is 48.5 Å². The number of anilines is 2. The molecule has 3 aliphatic heterocycles. The normalized spacial score (nSPS) is 22.5. The lowest BCUT2D eigenvalue weighted by atomic mass is 9.85. The minimum absolute atomic E-state index is 0.0811. The van der Waals surface area contributed by atoms with E-state index in [4.69, 9.17) is 14.9 Å². The third-order valence-corrected chi connectivity index (χ3v) is 13.0. The number of aromatic nitrogens is 4. The van der Waals surface area contributed by atoms with Gasteiger partial charge in [-0.1, -0.05) is 24.0 Å². The molecule has 0 radical (unpaired) electrons. The number of benzene rings is 1. The fraction of sp³-hybridized carbons (Fsp3) is 0.533. The van der Waals surface area contributed by atoms with Crippen molar-refractivity contribution >= 4 is 34.8 Å². The number of carbonyl (C=O) groups is 2. The predicted molar refractivity (Wildman–Crippen MR) is 226 cm³/mol. The van der Waals surface area contributed by atoms with Crippen LogP contribution in [0.1, 0.15) is 87.1 Å². The van der Waals surface area contributed by atoms with Crippen molar-refractivity contribution in [3.8, 4) is 23.0 Å². The first-order valence-electron chi connectivity index (χ1n) is 21.3. The number of morpholine rings is 1. The van der Waals surface area contributed by atoms with Gasteiger partial charge >= 0.3 is 0 Å². The van der Waals surface area contributed by atoms with Gasteiger partial charge in [0.05, 0.1) is 59.9 Å². The summed E-state index contributed by atoms with van der Waals surface area (Å²) < 4.78 is 44.5. The summed E-state index contributed by atoms with van der Waals surface area (Å²) in [4.78, 5) is 28.4. The highest BCUT2D eigenvalue weighted by Gasteiger charge is 2.39. The molecule has 318 valence electrons. The van der Waals surface area contributed by atoms with Crippen LogP contribution in [0.15, 0.2) is 48.9 Å². The standard InChI is InChI=1S/C45H55F2N9O4/c1-49-41(58)13-10-31(27-57)42(48)37-7-3-5-30(43(37)50-2)6-4-20-59-35-15-17-53(18-16-35)24-29-8-11-32(12-9-29)56-26-39(44(52-56)45(46)47)38-23-51-55-19-14-33(22-40(38)55)54-25-36-21-34(54)28-60-36/h3,5,7,14,19,22-23,26-27,29,31-32,34-36,45,48,50H,8-13,15-18,20-21,24-25,28H2,1-2H3,(H,49,58). The number of piperidine rings is 1. The molecule has 3 N–H and O–H groups in total. The maximum Gasteiger partial charge on any atom is 0.282 e. The molecule has 13 nitrogen and oxygen atoms in total. The molecule has 3 aromatic heterocycles. The van der Waals surface area contributed by atoms with Gasteiger partial charge in [0.15, 0.2) is 0 Å². The van der Waals surface area contributed by atoms with Crippen LogP contribution in [-0.2, 0) is 19.1 Å². The highest BCUT2D eigenvalue weighted by atomic mass is 19.3. The maximum absolute atomic E-state index is 14.5. The summed E-state index contributed by atoms with van der Waals surface area (Å²) in [5.41, 5.74) is 4.95. The molecular formula is C45H55F2N9O4. The summed E-state index contributed by atoms with van der Waals surface area (Å²) in [5.74, 6) is 6.01. The molecule has 3 atom stereocenters. The quantitative estimate of drug-likeness (QED) is 0.0734.